The van der Waals surface area contributed by atoms with Gasteiger partial charge in [0.2, 0.25) is 0 Å². The summed E-state index contributed by atoms with van der Waals surface area (Å²) in [6.07, 6.45) is 3.85. The fourth-order valence-corrected chi connectivity index (χ4v) is 1.96. The molecule has 4 N–H and O–H groups in total. The highest BCUT2D eigenvalue weighted by Gasteiger charge is 2.26. The number of methoxy groups -OCH3 is 1. The largest absolute Gasteiger partial charge is 0.469 e. The van der Waals surface area contributed by atoms with Crippen molar-refractivity contribution in [2.24, 2.45) is 11.5 Å². The molecule has 1 rings (SSSR count). The molecule has 1 aliphatic rings. The molecule has 0 radical (unpaired) electrons. The van der Waals surface area contributed by atoms with Crippen molar-refractivity contribution >= 4 is 17.9 Å². The predicted molar refractivity (Wildman–Crippen MR) is 71.9 cm³/mol. The number of hydrogen-bond donors (Lipinski definition) is 2. The molecule has 1 saturated carbocycles. The lowest BCUT2D eigenvalue weighted by molar-refractivity contribution is -0.164. The zero-order chi connectivity index (χ0) is 15.8. The van der Waals surface area contributed by atoms with Crippen LogP contribution < -0.4 is 11.5 Å². The van der Waals surface area contributed by atoms with Gasteiger partial charge in [-0.2, -0.15) is 0 Å². The van der Waals surface area contributed by atoms with E-state index in [4.69, 9.17) is 16.2 Å². The van der Waals surface area contributed by atoms with Gasteiger partial charge in [-0.25, -0.2) is 9.59 Å². The van der Waals surface area contributed by atoms with Crippen LogP contribution in [0, 0.1) is 0 Å². The van der Waals surface area contributed by atoms with Crippen molar-refractivity contribution < 1.29 is 28.6 Å². The Bertz CT molecular complexity index is 381. The summed E-state index contributed by atoms with van der Waals surface area (Å²) in [5.74, 6) is -2.60. The van der Waals surface area contributed by atoms with Crippen LogP contribution in [-0.2, 0) is 28.6 Å². The van der Waals surface area contributed by atoms with E-state index in [-0.39, 0.29) is 19.1 Å². The molecule has 0 spiro atoms. The summed E-state index contributed by atoms with van der Waals surface area (Å²) in [6.45, 7) is -0.0109. The third-order valence-corrected chi connectivity index (χ3v) is 3.23. The van der Waals surface area contributed by atoms with Crippen LogP contribution in [0.15, 0.2) is 0 Å². The molecule has 0 bridgehead atoms. The first-order chi connectivity index (χ1) is 9.93. The Balaban J connectivity index is 2.29. The van der Waals surface area contributed by atoms with Crippen LogP contribution in [0.2, 0.25) is 0 Å². The number of carbonyl (C=O) groups excluding carboxylic acids is 3. The highest BCUT2D eigenvalue weighted by molar-refractivity contribution is 5.92. The maximum Gasteiger partial charge on any atom is 0.333 e. The van der Waals surface area contributed by atoms with Gasteiger partial charge in [-0.15, -0.1) is 0 Å². The van der Waals surface area contributed by atoms with Gasteiger partial charge in [0.1, 0.15) is 12.1 Å². The van der Waals surface area contributed by atoms with Crippen LogP contribution >= 0.6 is 0 Å². The van der Waals surface area contributed by atoms with Gasteiger partial charge in [0.25, 0.3) is 0 Å². The molecule has 8 heteroatoms. The van der Waals surface area contributed by atoms with Gasteiger partial charge in [0.05, 0.1) is 26.2 Å². The van der Waals surface area contributed by atoms with Crippen LogP contribution in [-0.4, -0.2) is 49.8 Å². The van der Waals surface area contributed by atoms with Crippen molar-refractivity contribution in [3.05, 3.63) is 0 Å². The van der Waals surface area contributed by atoms with Gasteiger partial charge in [-0.05, 0) is 12.8 Å². The number of nitrogens with two attached hydrogens (primary N) is 2. The first-order valence-electron chi connectivity index (χ1n) is 6.89. The summed E-state index contributed by atoms with van der Waals surface area (Å²) in [6, 6.07) is -2.32. The number of rotatable bonds is 7. The third-order valence-electron chi connectivity index (χ3n) is 3.23. The monoisotopic (exact) mass is 302 g/mol. The Morgan fingerprint density at radius 2 is 1.67 bits per heavy atom. The molecule has 0 heterocycles. The quantitative estimate of drug-likeness (QED) is 0.463. The fraction of sp³-hybridized carbons (Fsp3) is 0.769. The van der Waals surface area contributed by atoms with Crippen molar-refractivity contribution in [3.63, 3.8) is 0 Å². The maximum atomic E-state index is 11.6. The molecule has 2 atom stereocenters. The van der Waals surface area contributed by atoms with Crippen molar-refractivity contribution in [1.82, 2.24) is 0 Å². The number of hydrogen-bond acceptors (Lipinski definition) is 8. The molecule has 0 unspecified atom stereocenters. The normalized spacial score (nSPS) is 18.0. The average molecular weight is 302 g/mol. The lowest BCUT2D eigenvalue weighted by atomic mass is 10.2. The summed E-state index contributed by atoms with van der Waals surface area (Å²) < 4.78 is 14.3. The minimum Gasteiger partial charge on any atom is -0.469 e. The minimum atomic E-state index is -1.26. The molecule has 120 valence electrons. The molecule has 0 aromatic carbocycles. The number of ether oxygens (including phenoxy) is 3. The van der Waals surface area contributed by atoms with Gasteiger partial charge < -0.3 is 25.7 Å². The van der Waals surface area contributed by atoms with E-state index < -0.39 is 30.0 Å². The Labute approximate surface area is 123 Å². The van der Waals surface area contributed by atoms with Crippen molar-refractivity contribution in [2.45, 2.75) is 50.3 Å². The maximum absolute atomic E-state index is 11.6. The molecule has 0 aromatic rings. The Kier molecular flexibility index (Phi) is 7.27. The van der Waals surface area contributed by atoms with Crippen molar-refractivity contribution in [3.8, 4) is 0 Å². The average Bonchev–Trinajstić information content (AvgIpc) is 2.97. The van der Waals surface area contributed by atoms with Gasteiger partial charge in [0, 0.05) is 0 Å². The summed E-state index contributed by atoms with van der Waals surface area (Å²) in [7, 11) is 1.17. The van der Waals surface area contributed by atoms with Gasteiger partial charge in [-0.1, -0.05) is 12.8 Å². The molecule has 0 aliphatic heterocycles. The van der Waals surface area contributed by atoms with Crippen LogP contribution in [0.5, 0.6) is 0 Å². The van der Waals surface area contributed by atoms with Crippen LogP contribution in [0.4, 0.5) is 0 Å². The van der Waals surface area contributed by atoms with E-state index in [2.05, 4.69) is 9.47 Å². The Hall–Kier alpha value is -1.51. The minimum absolute atomic E-state index is 0.0109. The van der Waals surface area contributed by atoms with E-state index in [9.17, 15) is 14.4 Å². The summed E-state index contributed by atoms with van der Waals surface area (Å²) in [5, 5.41) is 0. The zero-order valence-corrected chi connectivity index (χ0v) is 12.1. The standard InChI is InChI=1S/C13H22N2O6/c1-19-11(16)6-9(14)12(17)21-13(18)10(15)7-20-8-4-2-3-5-8/h8-10H,2-7,14-15H2,1H3/t9-,10-/m0/s1. The fourth-order valence-electron chi connectivity index (χ4n) is 1.96. The molecule has 21 heavy (non-hydrogen) atoms. The summed E-state index contributed by atoms with van der Waals surface area (Å²) in [5.41, 5.74) is 11.0. The zero-order valence-electron chi connectivity index (χ0n) is 12.1. The second kappa shape index (κ2) is 8.71. The second-order valence-corrected chi connectivity index (χ2v) is 4.97. The predicted octanol–water partition coefficient (Wildman–Crippen LogP) is -0.767. The highest BCUT2D eigenvalue weighted by atomic mass is 16.6. The van der Waals surface area contributed by atoms with E-state index in [0.29, 0.717) is 0 Å². The van der Waals surface area contributed by atoms with Gasteiger partial charge in [-0.3, -0.25) is 4.79 Å². The smallest absolute Gasteiger partial charge is 0.333 e. The highest BCUT2D eigenvalue weighted by Crippen LogP contribution is 2.20. The lowest BCUT2D eigenvalue weighted by Crippen LogP contribution is -2.43. The molecule has 0 amide bonds. The number of carbonyl (C=O) groups is 3. The molecular formula is C13H22N2O6. The second-order valence-electron chi connectivity index (χ2n) is 4.97. The van der Waals surface area contributed by atoms with Crippen LogP contribution in [0.3, 0.4) is 0 Å². The third kappa shape index (κ3) is 6.19. The number of esters is 3. The van der Waals surface area contributed by atoms with Crippen LogP contribution in [0.25, 0.3) is 0 Å². The van der Waals surface area contributed by atoms with Gasteiger partial charge in [0.15, 0.2) is 0 Å². The van der Waals surface area contributed by atoms with E-state index >= 15 is 0 Å². The lowest BCUT2D eigenvalue weighted by Gasteiger charge is -2.16. The molecular weight excluding hydrogens is 280 g/mol. The Morgan fingerprint density at radius 3 is 2.24 bits per heavy atom. The topological polar surface area (TPSA) is 131 Å². The van der Waals surface area contributed by atoms with Gasteiger partial charge >= 0.3 is 17.9 Å². The molecule has 0 aromatic heterocycles. The molecule has 1 fully saturated rings. The summed E-state index contributed by atoms with van der Waals surface area (Å²) in [4.78, 5) is 34.1. The molecule has 8 nitrogen and oxygen atoms in total. The Morgan fingerprint density at radius 1 is 1.10 bits per heavy atom. The SMILES string of the molecule is COC(=O)C[C@H](N)C(=O)OC(=O)[C@@H](N)COC1CCCC1. The first kappa shape index (κ1) is 17.5. The molecule has 0 saturated heterocycles. The molecule has 1 aliphatic carbocycles. The van der Waals surface area contributed by atoms with E-state index in [1.807, 2.05) is 0 Å². The van der Waals surface area contributed by atoms with Crippen LogP contribution in [0.1, 0.15) is 32.1 Å². The summed E-state index contributed by atoms with van der Waals surface area (Å²) >= 11 is 0. The van der Waals surface area contributed by atoms with E-state index in [1.165, 1.54) is 7.11 Å². The van der Waals surface area contributed by atoms with Crippen molar-refractivity contribution in [2.75, 3.05) is 13.7 Å². The van der Waals surface area contributed by atoms with E-state index in [1.54, 1.807) is 0 Å². The van der Waals surface area contributed by atoms with E-state index in [0.717, 1.165) is 25.7 Å². The van der Waals surface area contributed by atoms with Crippen molar-refractivity contribution in [1.29, 1.82) is 0 Å². The first-order valence-corrected chi connectivity index (χ1v) is 6.89.